The number of hydrogen-bond donors (Lipinski definition) is 3. The molecule has 0 aromatic carbocycles. The zero-order valence-electron chi connectivity index (χ0n) is 20.8. The van der Waals surface area contributed by atoms with Crippen LogP contribution >= 0.6 is 0 Å². The Morgan fingerprint density at radius 3 is 0.968 bits per heavy atom. The first-order valence-corrected chi connectivity index (χ1v) is 10.7. The van der Waals surface area contributed by atoms with Crippen LogP contribution in [0.15, 0.2) is 15.0 Å². The van der Waals surface area contributed by atoms with Gasteiger partial charge in [-0.25, -0.2) is 0 Å². The van der Waals surface area contributed by atoms with E-state index < -0.39 is 0 Å². The maximum absolute atomic E-state index is 11.9. The van der Waals surface area contributed by atoms with Crippen molar-refractivity contribution in [2.45, 2.75) is 78.9 Å². The fourth-order valence-electron chi connectivity index (χ4n) is 2.30. The molecule has 0 radical (unpaired) electrons. The van der Waals surface area contributed by atoms with E-state index in [1.54, 1.807) is 0 Å². The van der Waals surface area contributed by atoms with Crippen molar-refractivity contribution < 1.29 is 15.3 Å². The molecule has 0 aromatic heterocycles. The summed E-state index contributed by atoms with van der Waals surface area (Å²) in [5.74, 6) is 0. The molecule has 10 nitrogen and oxygen atoms in total. The monoisotopic (exact) mass is 440 g/mol. The summed E-state index contributed by atoms with van der Waals surface area (Å²) in [6.07, 6.45) is 0. The molecule has 0 fully saturated rings. The summed E-state index contributed by atoms with van der Waals surface area (Å²) in [5, 5.41) is 44.0. The summed E-state index contributed by atoms with van der Waals surface area (Å²) in [5.41, 5.74) is -1.05. The highest BCUT2D eigenvalue weighted by Gasteiger charge is 2.10. The van der Waals surface area contributed by atoms with E-state index in [0.29, 0.717) is 39.3 Å². The topological polar surface area (TPSA) is 146 Å². The number of nitrogens with one attached hydrogen (secondary N) is 3. The molecular weight excluding hydrogens is 398 g/mol. The van der Waals surface area contributed by atoms with Gasteiger partial charge in [-0.05, 0) is 62.3 Å². The molecule has 0 aliphatic carbocycles. The third-order valence-electron chi connectivity index (χ3n) is 3.46. The van der Waals surface area contributed by atoms with Crippen molar-refractivity contribution in [3.05, 3.63) is 0 Å². The maximum Gasteiger partial charge on any atom is 0.0527 e. The minimum atomic E-state index is -0.365. The van der Waals surface area contributed by atoms with Crippen molar-refractivity contribution in [2.75, 3.05) is 39.3 Å². The lowest BCUT2D eigenvalue weighted by Crippen LogP contribution is -2.47. The minimum Gasteiger partial charge on any atom is -0.846 e. The number of hydrogen-bond acceptors (Lipinski definition) is 7. The molecule has 0 atom stereocenters. The smallest absolute Gasteiger partial charge is 0.0527 e. The average molecular weight is 441 g/mol. The van der Waals surface area contributed by atoms with Gasteiger partial charge in [0.2, 0.25) is 0 Å². The van der Waals surface area contributed by atoms with Crippen LogP contribution in [0.4, 0.5) is 0 Å². The Labute approximate surface area is 188 Å². The third-order valence-corrected chi connectivity index (χ3v) is 3.46. The predicted molar refractivity (Wildman–Crippen MR) is 122 cm³/mol. The van der Waals surface area contributed by atoms with E-state index in [1.807, 2.05) is 67.2 Å². The van der Waals surface area contributed by atoms with Crippen molar-refractivity contribution in [3.8, 4) is 0 Å². The summed E-state index contributed by atoms with van der Waals surface area (Å²) >= 11 is 0. The quantitative estimate of drug-likeness (QED) is 0.295. The van der Waals surface area contributed by atoms with Gasteiger partial charge in [-0.1, -0.05) is 0 Å². The van der Waals surface area contributed by atoms with Gasteiger partial charge in [-0.2, -0.15) is 0 Å². The lowest BCUT2D eigenvalue weighted by atomic mass is 10.1. The van der Waals surface area contributed by atoms with Crippen LogP contribution in [0.25, 0.3) is 0 Å². The molecule has 182 valence electrons. The van der Waals surface area contributed by atoms with Crippen LogP contribution in [0.5, 0.6) is 0 Å². The molecule has 0 saturated carbocycles. The van der Waals surface area contributed by atoms with E-state index in [1.165, 1.54) is 0 Å². The van der Waals surface area contributed by atoms with Crippen molar-refractivity contribution in [1.82, 2.24) is 20.9 Å². The zero-order chi connectivity index (χ0) is 24.3. The van der Waals surface area contributed by atoms with E-state index in [2.05, 4.69) is 30.9 Å². The molecule has 0 bridgehead atoms. The van der Waals surface area contributed by atoms with E-state index >= 15 is 0 Å². The van der Waals surface area contributed by atoms with Gasteiger partial charge in [0.05, 0.1) is 19.6 Å². The summed E-state index contributed by atoms with van der Waals surface area (Å²) in [6, 6.07) is -1.09. The number of rotatable bonds is 9. The molecule has 0 spiro atoms. The highest BCUT2D eigenvalue weighted by atomic mass is 16.3. The second-order valence-corrected chi connectivity index (χ2v) is 10.5. The van der Waals surface area contributed by atoms with Crippen LogP contribution in [-0.2, 0) is 0 Å². The molecule has 0 unspecified atom stereocenters. The van der Waals surface area contributed by atoms with Gasteiger partial charge >= 0.3 is 0 Å². The predicted octanol–water partition coefficient (Wildman–Crippen LogP) is -1.40. The van der Waals surface area contributed by atoms with Crippen molar-refractivity contribution in [2.24, 2.45) is 15.0 Å². The Morgan fingerprint density at radius 1 is 0.548 bits per heavy atom. The first-order valence-electron chi connectivity index (χ1n) is 10.7. The molecule has 3 N–H and O–H groups in total. The van der Waals surface area contributed by atoms with Crippen molar-refractivity contribution >= 4 is 18.1 Å². The van der Waals surface area contributed by atoms with Gasteiger partial charge in [0.1, 0.15) is 0 Å². The van der Waals surface area contributed by atoms with E-state index in [9.17, 15) is 15.3 Å². The Bertz CT molecular complexity index is 526. The normalized spacial score (nSPS) is 14.7. The minimum absolute atomic E-state index is 0.296. The third kappa shape index (κ3) is 19.5. The first kappa shape index (κ1) is 28.8. The Kier molecular flexibility index (Phi) is 11.7. The number of nitrogens with zero attached hydrogens (tertiary/aromatic N) is 4. The van der Waals surface area contributed by atoms with Gasteiger partial charge < -0.3 is 31.3 Å². The molecule has 0 aliphatic rings. The summed E-state index contributed by atoms with van der Waals surface area (Å²) < 4.78 is 0. The average Bonchev–Trinajstić information content (AvgIpc) is 2.49. The van der Waals surface area contributed by atoms with Crippen molar-refractivity contribution in [1.29, 1.82) is 0 Å². The zero-order valence-corrected chi connectivity index (χ0v) is 20.8. The Morgan fingerprint density at radius 2 is 0.774 bits per heavy atom. The SMILES string of the molecule is CC(C)(C)NC([O-])=NCCN(CCN=C([O-])NC(C)(C)C)CCN=C([O-])NC(C)(C)C. The highest BCUT2D eigenvalue weighted by molar-refractivity contribution is 5.70. The van der Waals surface area contributed by atoms with Gasteiger partial charge in [0, 0.05) is 54.3 Å². The lowest BCUT2D eigenvalue weighted by Gasteiger charge is -2.28. The Hall–Kier alpha value is -2.23. The molecule has 0 amide bonds. The number of aliphatic imine (C=N–C) groups is 3. The molecule has 31 heavy (non-hydrogen) atoms. The fraction of sp³-hybridized carbons (Fsp3) is 0.857. The highest BCUT2D eigenvalue weighted by Crippen LogP contribution is 1.99. The molecule has 0 heterocycles. The van der Waals surface area contributed by atoms with Gasteiger partial charge in [-0.3, -0.25) is 19.9 Å². The number of amidine groups is 3. The van der Waals surface area contributed by atoms with Crippen LogP contribution in [-0.4, -0.2) is 78.9 Å². The van der Waals surface area contributed by atoms with Crippen LogP contribution in [0.1, 0.15) is 62.3 Å². The van der Waals surface area contributed by atoms with Crippen LogP contribution in [0, 0.1) is 0 Å². The van der Waals surface area contributed by atoms with E-state index in [4.69, 9.17) is 0 Å². The van der Waals surface area contributed by atoms with Gasteiger partial charge in [0.25, 0.3) is 0 Å². The molecular formula is C21H42N7O3-3. The molecule has 0 aromatic rings. The standard InChI is InChI=1S/C21H45N7O3/c1-19(2,3)25-16(29)22-10-13-28(14-11-23-17(30)26-20(4,5)6)15-12-24-18(31)27-21(7,8)9/h10-15H2,1-9H3,(H2,22,25,29)(H2,23,26,30)(H2,24,27,31)/p-3. The van der Waals surface area contributed by atoms with Crippen LogP contribution < -0.4 is 31.3 Å². The maximum atomic E-state index is 11.9. The molecule has 0 saturated heterocycles. The van der Waals surface area contributed by atoms with Gasteiger partial charge in [-0.15, -0.1) is 0 Å². The molecule has 10 heteroatoms. The van der Waals surface area contributed by atoms with Crippen LogP contribution in [0.3, 0.4) is 0 Å². The van der Waals surface area contributed by atoms with Crippen LogP contribution in [0.2, 0.25) is 0 Å². The molecule has 0 rings (SSSR count). The van der Waals surface area contributed by atoms with Gasteiger partial charge in [0.15, 0.2) is 0 Å². The fourth-order valence-corrected chi connectivity index (χ4v) is 2.30. The second-order valence-electron chi connectivity index (χ2n) is 10.5. The molecule has 0 aliphatic heterocycles. The first-order chi connectivity index (χ1) is 14.0. The summed E-state index contributed by atoms with van der Waals surface area (Å²) in [4.78, 5) is 14.0. The second kappa shape index (κ2) is 12.6. The Balaban J connectivity index is 4.86. The van der Waals surface area contributed by atoms with E-state index in [-0.39, 0.29) is 34.7 Å². The summed E-state index contributed by atoms with van der Waals surface area (Å²) in [7, 11) is 0. The largest absolute Gasteiger partial charge is 0.846 e. The summed E-state index contributed by atoms with van der Waals surface area (Å²) in [6.45, 7) is 19.4. The lowest BCUT2D eigenvalue weighted by molar-refractivity contribution is -0.224. The van der Waals surface area contributed by atoms with E-state index in [0.717, 1.165) is 0 Å². The van der Waals surface area contributed by atoms with Crippen molar-refractivity contribution in [3.63, 3.8) is 0 Å².